The summed E-state index contributed by atoms with van der Waals surface area (Å²) in [5.41, 5.74) is 1.33. The van der Waals surface area contributed by atoms with Crippen molar-refractivity contribution in [2.75, 3.05) is 0 Å². The number of hydrogen-bond donors (Lipinski definition) is 0. The summed E-state index contributed by atoms with van der Waals surface area (Å²) in [6.07, 6.45) is 14.5. The minimum Gasteiger partial charge on any atom is -0.0845 e. The van der Waals surface area contributed by atoms with Gasteiger partial charge in [-0.3, -0.25) is 0 Å². The summed E-state index contributed by atoms with van der Waals surface area (Å²) >= 11 is 3.64. The fraction of sp³-hybridized carbons (Fsp3) is 0.455. The van der Waals surface area contributed by atoms with E-state index in [1.165, 1.54) is 24.8 Å². The van der Waals surface area contributed by atoms with Crippen molar-refractivity contribution in [2.24, 2.45) is 0 Å². The second-order valence-corrected chi connectivity index (χ2v) is 4.22. The third kappa shape index (κ3) is 3.40. The fourth-order valence-corrected chi connectivity index (χ4v) is 1.82. The molecule has 0 bridgehead atoms. The number of alkyl halides is 1. The van der Waals surface area contributed by atoms with Gasteiger partial charge in [0.15, 0.2) is 0 Å². The molecule has 1 atom stereocenters. The lowest BCUT2D eigenvalue weighted by molar-refractivity contribution is 0.742. The average molecular weight is 227 g/mol. The maximum atomic E-state index is 3.64. The van der Waals surface area contributed by atoms with E-state index in [1.807, 2.05) is 0 Å². The molecule has 0 saturated carbocycles. The van der Waals surface area contributed by atoms with Crippen LogP contribution in [0.5, 0.6) is 0 Å². The van der Waals surface area contributed by atoms with Crippen LogP contribution >= 0.6 is 15.9 Å². The van der Waals surface area contributed by atoms with Crippen LogP contribution in [0.15, 0.2) is 36.0 Å². The first-order chi connectivity index (χ1) is 5.83. The first-order valence-corrected chi connectivity index (χ1v) is 5.45. The molecule has 66 valence electrons. The molecule has 0 aromatic carbocycles. The predicted octanol–water partition coefficient (Wildman–Crippen LogP) is 3.99. The third-order valence-electron chi connectivity index (χ3n) is 1.90. The molecule has 0 spiro atoms. The molecule has 1 unspecified atom stereocenters. The lowest BCUT2D eigenvalue weighted by Gasteiger charge is -2.02. The first kappa shape index (κ1) is 9.79. The summed E-state index contributed by atoms with van der Waals surface area (Å²) in [6.45, 7) is 2.22. The molecule has 1 rings (SSSR count). The summed E-state index contributed by atoms with van der Waals surface area (Å²) in [4.78, 5) is 0.542. The minimum atomic E-state index is 0.542. The largest absolute Gasteiger partial charge is 0.0845 e. The molecule has 0 N–H and O–H groups in total. The van der Waals surface area contributed by atoms with E-state index in [4.69, 9.17) is 0 Å². The van der Waals surface area contributed by atoms with Crippen LogP contribution in [0, 0.1) is 0 Å². The number of halogens is 1. The van der Waals surface area contributed by atoms with Gasteiger partial charge in [-0.1, -0.05) is 66.1 Å². The van der Waals surface area contributed by atoms with E-state index in [9.17, 15) is 0 Å². The van der Waals surface area contributed by atoms with E-state index in [2.05, 4.69) is 53.2 Å². The Morgan fingerprint density at radius 1 is 1.42 bits per heavy atom. The van der Waals surface area contributed by atoms with Crippen LogP contribution in [0.3, 0.4) is 0 Å². The van der Waals surface area contributed by atoms with Crippen LogP contribution in [-0.4, -0.2) is 4.83 Å². The van der Waals surface area contributed by atoms with Crippen molar-refractivity contribution in [3.8, 4) is 0 Å². The SMILES string of the molecule is CCCCC(Br)C=C1C=CC=C1. The minimum absolute atomic E-state index is 0.542. The van der Waals surface area contributed by atoms with Crippen LogP contribution < -0.4 is 0 Å². The van der Waals surface area contributed by atoms with E-state index in [0.717, 1.165) is 0 Å². The molecule has 0 aromatic heterocycles. The highest BCUT2D eigenvalue weighted by Crippen LogP contribution is 2.16. The summed E-state index contributed by atoms with van der Waals surface area (Å²) in [7, 11) is 0. The quantitative estimate of drug-likeness (QED) is 0.637. The van der Waals surface area contributed by atoms with Crippen LogP contribution in [0.4, 0.5) is 0 Å². The molecule has 1 heteroatoms. The molecule has 0 radical (unpaired) electrons. The molecule has 1 aliphatic rings. The van der Waals surface area contributed by atoms with Crippen molar-refractivity contribution >= 4 is 15.9 Å². The van der Waals surface area contributed by atoms with Crippen molar-refractivity contribution in [3.63, 3.8) is 0 Å². The zero-order chi connectivity index (χ0) is 8.81. The molecule has 0 aromatic rings. The average Bonchev–Trinajstić information content (AvgIpc) is 2.53. The van der Waals surface area contributed by atoms with Gasteiger partial charge in [-0.25, -0.2) is 0 Å². The Morgan fingerprint density at radius 2 is 2.08 bits per heavy atom. The van der Waals surface area contributed by atoms with Crippen molar-refractivity contribution < 1.29 is 0 Å². The second-order valence-electron chi connectivity index (χ2n) is 3.04. The van der Waals surface area contributed by atoms with Crippen LogP contribution in [-0.2, 0) is 0 Å². The Balaban J connectivity index is 2.33. The highest BCUT2D eigenvalue weighted by Gasteiger charge is 2.00. The van der Waals surface area contributed by atoms with Gasteiger partial charge < -0.3 is 0 Å². The fourth-order valence-electron chi connectivity index (χ4n) is 1.19. The van der Waals surface area contributed by atoms with Crippen LogP contribution in [0.1, 0.15) is 26.2 Å². The van der Waals surface area contributed by atoms with Crippen molar-refractivity contribution in [1.82, 2.24) is 0 Å². The lowest BCUT2D eigenvalue weighted by atomic mass is 10.1. The van der Waals surface area contributed by atoms with Gasteiger partial charge >= 0.3 is 0 Å². The Bertz CT molecular complexity index is 197. The van der Waals surface area contributed by atoms with Crippen LogP contribution in [0.25, 0.3) is 0 Å². The van der Waals surface area contributed by atoms with Crippen molar-refractivity contribution in [3.05, 3.63) is 36.0 Å². The second kappa shape index (κ2) is 5.36. The molecular formula is C11H15Br. The predicted molar refractivity (Wildman–Crippen MR) is 58.6 cm³/mol. The number of allylic oxidation sites excluding steroid dienone is 6. The molecule has 12 heavy (non-hydrogen) atoms. The van der Waals surface area contributed by atoms with Gasteiger partial charge in [-0.2, -0.15) is 0 Å². The Hall–Kier alpha value is -0.300. The van der Waals surface area contributed by atoms with Crippen molar-refractivity contribution in [2.45, 2.75) is 31.0 Å². The molecule has 0 heterocycles. The molecule has 0 saturated heterocycles. The Kier molecular flexibility index (Phi) is 4.37. The lowest BCUT2D eigenvalue weighted by Crippen LogP contribution is -1.92. The molecule has 0 amide bonds. The van der Waals surface area contributed by atoms with Gasteiger partial charge in [0.25, 0.3) is 0 Å². The van der Waals surface area contributed by atoms with Crippen LogP contribution in [0.2, 0.25) is 0 Å². The zero-order valence-corrected chi connectivity index (χ0v) is 9.05. The first-order valence-electron chi connectivity index (χ1n) is 4.53. The van der Waals surface area contributed by atoms with Gasteiger partial charge in [-0.15, -0.1) is 0 Å². The molecule has 1 aliphatic carbocycles. The monoisotopic (exact) mass is 226 g/mol. The third-order valence-corrected chi connectivity index (χ3v) is 2.62. The molecule has 0 aliphatic heterocycles. The normalized spacial score (nSPS) is 17.0. The van der Waals surface area contributed by atoms with Gasteiger partial charge in [0.2, 0.25) is 0 Å². The van der Waals surface area contributed by atoms with E-state index >= 15 is 0 Å². The van der Waals surface area contributed by atoms with E-state index < -0.39 is 0 Å². The molecule has 0 fully saturated rings. The van der Waals surface area contributed by atoms with E-state index in [0.29, 0.717) is 4.83 Å². The Morgan fingerprint density at radius 3 is 2.67 bits per heavy atom. The summed E-state index contributed by atoms with van der Waals surface area (Å²) in [5, 5.41) is 0. The van der Waals surface area contributed by atoms with E-state index in [-0.39, 0.29) is 0 Å². The maximum absolute atomic E-state index is 3.64. The zero-order valence-electron chi connectivity index (χ0n) is 7.46. The number of unbranched alkanes of at least 4 members (excludes halogenated alkanes) is 1. The smallest absolute Gasteiger partial charge is 0.0334 e. The highest BCUT2D eigenvalue weighted by molar-refractivity contribution is 9.09. The maximum Gasteiger partial charge on any atom is 0.0334 e. The van der Waals surface area contributed by atoms with Gasteiger partial charge in [0, 0.05) is 4.83 Å². The van der Waals surface area contributed by atoms with Crippen molar-refractivity contribution in [1.29, 1.82) is 0 Å². The number of rotatable bonds is 4. The summed E-state index contributed by atoms with van der Waals surface area (Å²) in [6, 6.07) is 0. The molecule has 0 nitrogen and oxygen atoms in total. The highest BCUT2D eigenvalue weighted by atomic mass is 79.9. The topological polar surface area (TPSA) is 0 Å². The van der Waals surface area contributed by atoms with Gasteiger partial charge in [0.1, 0.15) is 0 Å². The van der Waals surface area contributed by atoms with Gasteiger partial charge in [0.05, 0.1) is 0 Å². The summed E-state index contributed by atoms with van der Waals surface area (Å²) in [5.74, 6) is 0. The van der Waals surface area contributed by atoms with Gasteiger partial charge in [-0.05, 0) is 12.0 Å². The summed E-state index contributed by atoms with van der Waals surface area (Å²) < 4.78 is 0. The molecular weight excluding hydrogens is 212 g/mol. The standard InChI is InChI=1S/C11H15Br/c1-2-3-8-11(12)9-10-6-4-5-7-10/h4-7,9,11H,2-3,8H2,1H3. The van der Waals surface area contributed by atoms with E-state index in [1.54, 1.807) is 0 Å². The number of hydrogen-bond acceptors (Lipinski definition) is 0. The Labute approximate surface area is 83.2 Å².